The molecule has 0 atom stereocenters. The number of nitrogens with zero attached hydrogens (tertiary/aromatic N) is 2. The Labute approximate surface area is 110 Å². The Morgan fingerprint density at radius 1 is 1.39 bits per heavy atom. The molecule has 0 saturated heterocycles. The topological polar surface area (TPSA) is 43.8 Å². The average Bonchev–Trinajstić information content (AvgIpc) is 2.78. The molecule has 0 bridgehead atoms. The summed E-state index contributed by atoms with van der Waals surface area (Å²) in [6.45, 7) is 4.12. The molecule has 0 saturated carbocycles. The highest BCUT2D eigenvalue weighted by atomic mass is 32.1. The quantitative estimate of drug-likeness (QED) is 0.866. The zero-order chi connectivity index (χ0) is 13.3. The van der Waals surface area contributed by atoms with E-state index in [2.05, 4.69) is 18.9 Å². The minimum Gasteiger partial charge on any atom is -0.389 e. The van der Waals surface area contributed by atoms with E-state index in [4.69, 9.17) is 18.0 Å². The van der Waals surface area contributed by atoms with Gasteiger partial charge >= 0.3 is 0 Å². The molecule has 0 spiro atoms. The molecule has 94 valence electrons. The van der Waals surface area contributed by atoms with Crippen LogP contribution >= 0.6 is 12.2 Å². The molecule has 18 heavy (non-hydrogen) atoms. The van der Waals surface area contributed by atoms with Gasteiger partial charge in [-0.25, -0.2) is 9.07 Å². The maximum absolute atomic E-state index is 13.2. The van der Waals surface area contributed by atoms with Crippen molar-refractivity contribution < 1.29 is 4.39 Å². The molecule has 0 unspecified atom stereocenters. The molecule has 3 nitrogen and oxygen atoms in total. The molecular weight excluding hydrogens is 249 g/mol. The zero-order valence-electron chi connectivity index (χ0n) is 10.2. The van der Waals surface area contributed by atoms with Gasteiger partial charge in [-0.1, -0.05) is 26.1 Å². The molecule has 0 aliphatic rings. The van der Waals surface area contributed by atoms with E-state index in [-0.39, 0.29) is 10.8 Å². The first-order chi connectivity index (χ1) is 8.49. The molecule has 2 aromatic rings. The van der Waals surface area contributed by atoms with E-state index in [1.807, 2.05) is 12.3 Å². The van der Waals surface area contributed by atoms with Crippen LogP contribution in [0.1, 0.15) is 31.0 Å². The standard InChI is InChI=1S/C13H14FN3S/c1-8(2)11-5-6-17(16-11)12-4-3-9(14)7-10(12)13(15)18/h3-8H,1-2H3,(H2,15,18). The lowest BCUT2D eigenvalue weighted by Gasteiger charge is -2.08. The van der Waals surface area contributed by atoms with E-state index < -0.39 is 0 Å². The van der Waals surface area contributed by atoms with Crippen LogP contribution in [-0.2, 0) is 0 Å². The first kappa shape index (κ1) is 12.7. The number of aromatic nitrogens is 2. The summed E-state index contributed by atoms with van der Waals surface area (Å²) >= 11 is 4.94. The number of hydrogen-bond acceptors (Lipinski definition) is 2. The second kappa shape index (κ2) is 4.86. The zero-order valence-corrected chi connectivity index (χ0v) is 11.0. The highest BCUT2D eigenvalue weighted by Crippen LogP contribution is 2.18. The van der Waals surface area contributed by atoms with Gasteiger partial charge in [-0.15, -0.1) is 0 Å². The van der Waals surface area contributed by atoms with Gasteiger partial charge < -0.3 is 5.73 Å². The van der Waals surface area contributed by atoms with E-state index in [1.54, 1.807) is 10.7 Å². The Morgan fingerprint density at radius 3 is 2.67 bits per heavy atom. The van der Waals surface area contributed by atoms with Crippen LogP contribution in [0.5, 0.6) is 0 Å². The predicted molar refractivity (Wildman–Crippen MR) is 73.5 cm³/mol. The molecular formula is C13H14FN3S. The maximum Gasteiger partial charge on any atom is 0.124 e. The fourth-order valence-corrected chi connectivity index (χ4v) is 1.85. The van der Waals surface area contributed by atoms with Crippen LogP contribution in [0.4, 0.5) is 4.39 Å². The van der Waals surface area contributed by atoms with Gasteiger partial charge in [0.25, 0.3) is 0 Å². The van der Waals surface area contributed by atoms with Gasteiger partial charge in [0.1, 0.15) is 10.8 Å². The summed E-state index contributed by atoms with van der Waals surface area (Å²) in [5.41, 5.74) is 7.76. The molecule has 1 aromatic carbocycles. The molecule has 0 radical (unpaired) electrons. The Hall–Kier alpha value is -1.75. The Kier molecular flexibility index (Phi) is 3.43. The third-order valence-corrected chi connectivity index (χ3v) is 2.89. The summed E-state index contributed by atoms with van der Waals surface area (Å²) in [7, 11) is 0. The number of nitrogens with two attached hydrogens (primary N) is 1. The van der Waals surface area contributed by atoms with Gasteiger partial charge in [0.2, 0.25) is 0 Å². The monoisotopic (exact) mass is 263 g/mol. The SMILES string of the molecule is CC(C)c1ccn(-c2ccc(F)cc2C(N)=S)n1. The normalized spacial score (nSPS) is 10.9. The highest BCUT2D eigenvalue weighted by Gasteiger charge is 2.11. The van der Waals surface area contributed by atoms with Crippen LogP contribution in [0, 0.1) is 5.82 Å². The second-order valence-electron chi connectivity index (χ2n) is 4.37. The highest BCUT2D eigenvalue weighted by molar-refractivity contribution is 7.80. The summed E-state index contributed by atoms with van der Waals surface area (Å²) in [6, 6.07) is 6.25. The Balaban J connectivity index is 2.52. The molecule has 2 rings (SSSR count). The molecule has 2 N–H and O–H groups in total. The molecule has 1 heterocycles. The maximum atomic E-state index is 13.2. The molecule has 0 fully saturated rings. The minimum absolute atomic E-state index is 0.158. The smallest absolute Gasteiger partial charge is 0.124 e. The van der Waals surface area contributed by atoms with Crippen molar-refractivity contribution in [3.05, 3.63) is 47.5 Å². The first-order valence-electron chi connectivity index (χ1n) is 5.64. The number of rotatable bonds is 3. The Bertz CT molecular complexity index is 590. The fraction of sp³-hybridized carbons (Fsp3) is 0.231. The number of hydrogen-bond donors (Lipinski definition) is 1. The second-order valence-corrected chi connectivity index (χ2v) is 4.81. The van der Waals surface area contributed by atoms with E-state index in [1.165, 1.54) is 12.1 Å². The van der Waals surface area contributed by atoms with E-state index in [0.717, 1.165) is 5.69 Å². The lowest BCUT2D eigenvalue weighted by molar-refractivity contribution is 0.626. The average molecular weight is 263 g/mol. The van der Waals surface area contributed by atoms with Gasteiger partial charge in [0.15, 0.2) is 0 Å². The largest absolute Gasteiger partial charge is 0.389 e. The fourth-order valence-electron chi connectivity index (χ4n) is 1.69. The van der Waals surface area contributed by atoms with Gasteiger partial charge in [0.05, 0.1) is 11.4 Å². The lowest BCUT2D eigenvalue weighted by atomic mass is 10.1. The van der Waals surface area contributed by atoms with Crippen LogP contribution in [0.25, 0.3) is 5.69 Å². The van der Waals surface area contributed by atoms with Crippen LogP contribution in [0.2, 0.25) is 0 Å². The first-order valence-corrected chi connectivity index (χ1v) is 6.05. The van der Waals surface area contributed by atoms with Crippen LogP contribution < -0.4 is 5.73 Å². The van der Waals surface area contributed by atoms with Crippen molar-refractivity contribution in [2.75, 3.05) is 0 Å². The number of thiocarbonyl (C=S) groups is 1. The van der Waals surface area contributed by atoms with Crippen LogP contribution in [0.3, 0.4) is 0 Å². The molecule has 5 heteroatoms. The third-order valence-electron chi connectivity index (χ3n) is 2.67. The summed E-state index contributed by atoms with van der Waals surface area (Å²) in [5, 5.41) is 4.43. The molecule has 0 aliphatic heterocycles. The summed E-state index contributed by atoms with van der Waals surface area (Å²) in [4.78, 5) is 0.158. The molecule has 0 aliphatic carbocycles. The van der Waals surface area contributed by atoms with Gasteiger partial charge in [-0.2, -0.15) is 5.10 Å². The minimum atomic E-state index is -0.363. The molecule has 0 amide bonds. The van der Waals surface area contributed by atoms with Gasteiger partial charge in [0, 0.05) is 11.8 Å². The summed E-state index contributed by atoms with van der Waals surface area (Å²) in [5.74, 6) is -0.0298. The number of halogens is 1. The summed E-state index contributed by atoms with van der Waals surface area (Å²) < 4.78 is 14.9. The van der Waals surface area contributed by atoms with Crippen LogP contribution in [0.15, 0.2) is 30.5 Å². The third kappa shape index (κ3) is 2.41. The van der Waals surface area contributed by atoms with Gasteiger partial charge in [-0.3, -0.25) is 0 Å². The summed E-state index contributed by atoms with van der Waals surface area (Å²) in [6.07, 6.45) is 1.82. The van der Waals surface area contributed by atoms with Crippen molar-refractivity contribution in [3.8, 4) is 5.69 Å². The van der Waals surface area contributed by atoms with E-state index in [0.29, 0.717) is 17.2 Å². The van der Waals surface area contributed by atoms with Gasteiger partial charge in [-0.05, 0) is 30.2 Å². The van der Waals surface area contributed by atoms with Crippen molar-refractivity contribution in [2.24, 2.45) is 5.73 Å². The van der Waals surface area contributed by atoms with Crippen molar-refractivity contribution >= 4 is 17.2 Å². The predicted octanol–water partition coefficient (Wildman–Crippen LogP) is 2.77. The van der Waals surface area contributed by atoms with Crippen molar-refractivity contribution in [2.45, 2.75) is 19.8 Å². The van der Waals surface area contributed by atoms with Crippen LogP contribution in [-0.4, -0.2) is 14.8 Å². The van der Waals surface area contributed by atoms with E-state index >= 15 is 0 Å². The van der Waals surface area contributed by atoms with Crippen molar-refractivity contribution in [1.29, 1.82) is 0 Å². The number of benzene rings is 1. The van der Waals surface area contributed by atoms with E-state index in [9.17, 15) is 4.39 Å². The van der Waals surface area contributed by atoms with Crippen molar-refractivity contribution in [1.82, 2.24) is 9.78 Å². The Morgan fingerprint density at radius 2 is 2.11 bits per heavy atom. The van der Waals surface area contributed by atoms with Crippen molar-refractivity contribution in [3.63, 3.8) is 0 Å². The molecule has 1 aromatic heterocycles. The lowest BCUT2D eigenvalue weighted by Crippen LogP contribution is -2.14.